The van der Waals surface area contributed by atoms with E-state index in [9.17, 15) is 14.4 Å². The first-order chi connectivity index (χ1) is 9.99. The van der Waals surface area contributed by atoms with Gasteiger partial charge in [0.1, 0.15) is 6.04 Å². The van der Waals surface area contributed by atoms with E-state index < -0.39 is 23.8 Å². The number of hydrogen-bond acceptors (Lipinski definition) is 3. The number of rotatable bonds is 6. The molecule has 6 heteroatoms. The minimum absolute atomic E-state index is 0.292. The molecule has 3 N–H and O–H groups in total. The summed E-state index contributed by atoms with van der Waals surface area (Å²) in [5, 5.41) is 14.0. The fraction of sp³-hybridized carbons (Fsp3) is 0.400. The quantitative estimate of drug-likeness (QED) is 0.712. The van der Waals surface area contributed by atoms with Crippen molar-refractivity contribution >= 4 is 17.8 Å². The first kappa shape index (κ1) is 15.0. The minimum atomic E-state index is -0.962. The zero-order valence-corrected chi connectivity index (χ0v) is 11.7. The van der Waals surface area contributed by atoms with Gasteiger partial charge in [0.05, 0.1) is 11.8 Å². The van der Waals surface area contributed by atoms with Gasteiger partial charge in [-0.2, -0.15) is 0 Å². The van der Waals surface area contributed by atoms with Crippen LogP contribution < -0.4 is 10.6 Å². The van der Waals surface area contributed by atoms with E-state index in [1.807, 2.05) is 30.3 Å². The second-order valence-electron chi connectivity index (χ2n) is 5.22. The van der Waals surface area contributed by atoms with Crippen LogP contribution in [0.4, 0.5) is 0 Å². The Morgan fingerprint density at radius 2 is 1.90 bits per heavy atom. The van der Waals surface area contributed by atoms with Gasteiger partial charge in [0.15, 0.2) is 0 Å². The van der Waals surface area contributed by atoms with Gasteiger partial charge in [-0.25, -0.2) is 0 Å². The number of nitrogens with one attached hydrogen (secondary N) is 2. The third-order valence-corrected chi connectivity index (χ3v) is 3.51. The Hall–Kier alpha value is -2.37. The average Bonchev–Trinajstić information content (AvgIpc) is 3.26. The molecule has 0 radical (unpaired) electrons. The number of amides is 2. The van der Waals surface area contributed by atoms with E-state index in [-0.39, 0.29) is 11.8 Å². The van der Waals surface area contributed by atoms with Crippen LogP contribution in [0.3, 0.4) is 0 Å². The molecule has 1 fully saturated rings. The van der Waals surface area contributed by atoms with Gasteiger partial charge >= 0.3 is 5.97 Å². The summed E-state index contributed by atoms with van der Waals surface area (Å²) >= 11 is 0. The second-order valence-corrected chi connectivity index (χ2v) is 5.22. The van der Waals surface area contributed by atoms with Crippen molar-refractivity contribution in [3.05, 3.63) is 35.9 Å². The fourth-order valence-electron chi connectivity index (χ4n) is 2.08. The third kappa shape index (κ3) is 4.05. The van der Waals surface area contributed by atoms with Crippen LogP contribution in [0.2, 0.25) is 0 Å². The first-order valence-electron chi connectivity index (χ1n) is 6.84. The number of carboxylic acids is 1. The van der Waals surface area contributed by atoms with Crippen LogP contribution in [0.1, 0.15) is 18.9 Å². The molecule has 6 nitrogen and oxygen atoms in total. The van der Waals surface area contributed by atoms with Crippen molar-refractivity contribution in [1.29, 1.82) is 0 Å². The van der Waals surface area contributed by atoms with Gasteiger partial charge in [0.2, 0.25) is 11.8 Å². The highest BCUT2D eigenvalue weighted by molar-refractivity contribution is 5.92. The molecule has 112 valence electrons. The van der Waals surface area contributed by atoms with Crippen molar-refractivity contribution in [2.45, 2.75) is 25.9 Å². The molecule has 0 bridgehead atoms. The van der Waals surface area contributed by atoms with Crippen LogP contribution in [0.25, 0.3) is 0 Å². The minimum Gasteiger partial charge on any atom is -0.481 e. The van der Waals surface area contributed by atoms with Gasteiger partial charge in [-0.3, -0.25) is 14.4 Å². The van der Waals surface area contributed by atoms with E-state index in [1.165, 1.54) is 0 Å². The van der Waals surface area contributed by atoms with Gasteiger partial charge in [0, 0.05) is 6.54 Å². The van der Waals surface area contributed by atoms with Crippen LogP contribution in [-0.2, 0) is 20.9 Å². The number of benzene rings is 1. The van der Waals surface area contributed by atoms with Crippen molar-refractivity contribution in [3.8, 4) is 0 Å². The lowest BCUT2D eigenvalue weighted by Crippen LogP contribution is -2.45. The molecule has 2 amide bonds. The predicted molar refractivity (Wildman–Crippen MR) is 75.1 cm³/mol. The molecule has 0 aromatic heterocycles. The summed E-state index contributed by atoms with van der Waals surface area (Å²) in [4.78, 5) is 34.3. The maximum Gasteiger partial charge on any atom is 0.307 e. The van der Waals surface area contributed by atoms with Crippen molar-refractivity contribution in [3.63, 3.8) is 0 Å². The van der Waals surface area contributed by atoms with Gasteiger partial charge in [-0.15, -0.1) is 0 Å². The maximum absolute atomic E-state index is 11.9. The van der Waals surface area contributed by atoms with Crippen molar-refractivity contribution in [2.75, 3.05) is 0 Å². The monoisotopic (exact) mass is 290 g/mol. The zero-order chi connectivity index (χ0) is 15.4. The molecule has 0 spiro atoms. The van der Waals surface area contributed by atoms with Gasteiger partial charge in [-0.1, -0.05) is 30.3 Å². The molecular weight excluding hydrogens is 272 g/mol. The molecule has 0 aliphatic heterocycles. The molecule has 0 heterocycles. The lowest BCUT2D eigenvalue weighted by atomic mass is 10.2. The molecule has 1 saturated carbocycles. The first-order valence-corrected chi connectivity index (χ1v) is 6.84. The Kier molecular flexibility index (Phi) is 4.57. The zero-order valence-electron chi connectivity index (χ0n) is 11.7. The smallest absolute Gasteiger partial charge is 0.307 e. The Balaban J connectivity index is 1.75. The fourth-order valence-corrected chi connectivity index (χ4v) is 2.08. The van der Waals surface area contributed by atoms with E-state index in [1.54, 1.807) is 6.92 Å². The Morgan fingerprint density at radius 1 is 1.24 bits per heavy atom. The lowest BCUT2D eigenvalue weighted by Gasteiger charge is -2.14. The van der Waals surface area contributed by atoms with Crippen LogP contribution in [0.15, 0.2) is 30.3 Å². The molecule has 1 aromatic carbocycles. The van der Waals surface area contributed by atoms with Crippen LogP contribution in [-0.4, -0.2) is 28.9 Å². The molecule has 3 unspecified atom stereocenters. The summed E-state index contributed by atoms with van der Waals surface area (Å²) in [7, 11) is 0. The molecule has 2 rings (SSSR count). The summed E-state index contributed by atoms with van der Waals surface area (Å²) in [6.07, 6.45) is 0.347. The number of hydrogen-bond donors (Lipinski definition) is 3. The van der Waals surface area contributed by atoms with E-state index >= 15 is 0 Å². The SMILES string of the molecule is CC(NC(=O)C1CC1C(=O)O)C(=O)NCc1ccccc1. The van der Waals surface area contributed by atoms with Crippen LogP contribution in [0.5, 0.6) is 0 Å². The average molecular weight is 290 g/mol. The molecule has 1 aliphatic rings. The second kappa shape index (κ2) is 6.39. The predicted octanol–water partition coefficient (Wildman–Crippen LogP) is 0.528. The number of aliphatic carboxylic acids is 1. The van der Waals surface area contributed by atoms with Crippen molar-refractivity contribution in [2.24, 2.45) is 11.8 Å². The molecular formula is C15H18N2O4. The highest BCUT2D eigenvalue weighted by atomic mass is 16.4. The molecule has 21 heavy (non-hydrogen) atoms. The van der Waals surface area contributed by atoms with Gasteiger partial charge in [0.25, 0.3) is 0 Å². The molecule has 1 aromatic rings. The normalized spacial score (nSPS) is 21.2. The van der Waals surface area contributed by atoms with Crippen molar-refractivity contribution in [1.82, 2.24) is 10.6 Å². The lowest BCUT2D eigenvalue weighted by molar-refractivity contribution is -0.140. The van der Waals surface area contributed by atoms with Gasteiger partial charge < -0.3 is 15.7 Å². The highest BCUT2D eigenvalue weighted by Gasteiger charge is 2.48. The Labute approximate surface area is 122 Å². The number of carboxylic acid groups (broad SMARTS) is 1. The largest absolute Gasteiger partial charge is 0.481 e. The standard InChI is InChI=1S/C15H18N2O4/c1-9(17-14(19)11-7-12(11)15(20)21)13(18)16-8-10-5-3-2-4-6-10/h2-6,9,11-12H,7-8H2,1H3,(H,16,18)(H,17,19)(H,20,21). The highest BCUT2D eigenvalue weighted by Crippen LogP contribution is 2.38. The van der Waals surface area contributed by atoms with Crippen molar-refractivity contribution < 1.29 is 19.5 Å². The summed E-state index contributed by atoms with van der Waals surface area (Å²) in [6.45, 7) is 1.97. The number of carbonyl (C=O) groups excluding carboxylic acids is 2. The molecule has 0 saturated heterocycles. The molecule has 1 aliphatic carbocycles. The summed E-state index contributed by atoms with van der Waals surface area (Å²) in [6, 6.07) is 8.76. The maximum atomic E-state index is 11.9. The Morgan fingerprint density at radius 3 is 2.48 bits per heavy atom. The van der Waals surface area contributed by atoms with E-state index in [2.05, 4.69) is 10.6 Å². The van der Waals surface area contributed by atoms with E-state index in [4.69, 9.17) is 5.11 Å². The van der Waals surface area contributed by atoms with Crippen LogP contribution in [0, 0.1) is 11.8 Å². The summed E-state index contributed by atoms with van der Waals surface area (Å²) < 4.78 is 0. The summed E-state index contributed by atoms with van der Waals surface area (Å²) in [5.41, 5.74) is 0.970. The Bertz CT molecular complexity index is 544. The van der Waals surface area contributed by atoms with E-state index in [0.29, 0.717) is 13.0 Å². The number of carbonyl (C=O) groups is 3. The third-order valence-electron chi connectivity index (χ3n) is 3.51. The molecule has 3 atom stereocenters. The van der Waals surface area contributed by atoms with E-state index in [0.717, 1.165) is 5.56 Å². The van der Waals surface area contributed by atoms with Crippen LogP contribution >= 0.6 is 0 Å². The summed E-state index contributed by atoms with van der Waals surface area (Å²) in [5.74, 6) is -2.74. The topological polar surface area (TPSA) is 95.5 Å². The van der Waals surface area contributed by atoms with Gasteiger partial charge in [-0.05, 0) is 18.9 Å².